The Morgan fingerprint density at radius 3 is 2.67 bits per heavy atom. The smallest absolute Gasteiger partial charge is 0.262 e. The summed E-state index contributed by atoms with van der Waals surface area (Å²) in [5.41, 5.74) is 1.34. The molecule has 4 heteroatoms. The van der Waals surface area contributed by atoms with E-state index >= 15 is 0 Å². The number of likely N-dealkylation sites (tertiary alicyclic amines) is 1. The van der Waals surface area contributed by atoms with Crippen LogP contribution in [0.15, 0.2) is 48.5 Å². The van der Waals surface area contributed by atoms with Crippen molar-refractivity contribution in [2.75, 3.05) is 19.6 Å². The second-order valence-corrected chi connectivity index (χ2v) is 7.55. The Labute approximate surface area is 158 Å². The van der Waals surface area contributed by atoms with Gasteiger partial charge in [-0.3, -0.25) is 14.5 Å². The number of nitrogens with zero attached hydrogens (tertiary/aromatic N) is 2. The number of benzene rings is 3. The lowest BCUT2D eigenvalue weighted by Crippen LogP contribution is -2.53. The Morgan fingerprint density at radius 1 is 1.00 bits per heavy atom. The first-order valence-electron chi connectivity index (χ1n) is 9.73. The minimum Gasteiger partial charge on any atom is -0.302 e. The van der Waals surface area contributed by atoms with E-state index in [1.165, 1.54) is 0 Å². The maximum atomic E-state index is 13.6. The van der Waals surface area contributed by atoms with Crippen molar-refractivity contribution in [1.29, 1.82) is 0 Å². The molecule has 0 aliphatic carbocycles. The van der Waals surface area contributed by atoms with Crippen LogP contribution < -0.4 is 0 Å². The van der Waals surface area contributed by atoms with E-state index in [1.54, 1.807) is 4.90 Å². The lowest BCUT2D eigenvalue weighted by molar-refractivity contribution is 0.0443. The molecule has 1 unspecified atom stereocenters. The molecule has 0 saturated carbocycles. The van der Waals surface area contributed by atoms with E-state index < -0.39 is 0 Å². The quantitative estimate of drug-likeness (QED) is 0.512. The number of piperidine rings is 1. The first kappa shape index (κ1) is 16.5. The monoisotopic (exact) mass is 358 g/mol. The molecule has 0 bridgehead atoms. The lowest BCUT2D eigenvalue weighted by atomic mass is 9.88. The van der Waals surface area contributed by atoms with Crippen molar-refractivity contribution in [2.24, 2.45) is 0 Å². The predicted octanol–water partition coefficient (Wildman–Crippen LogP) is 4.07. The van der Waals surface area contributed by atoms with E-state index in [4.69, 9.17) is 0 Å². The molecule has 2 heterocycles. The molecule has 136 valence electrons. The fraction of sp³-hybridized carbons (Fsp3) is 0.304. The summed E-state index contributed by atoms with van der Waals surface area (Å²) in [7, 11) is 0. The van der Waals surface area contributed by atoms with Crippen LogP contribution in [0.2, 0.25) is 0 Å². The number of hydrogen-bond donors (Lipinski definition) is 0. The van der Waals surface area contributed by atoms with Crippen molar-refractivity contribution in [3.05, 3.63) is 59.7 Å². The molecule has 2 amide bonds. The molecular weight excluding hydrogens is 336 g/mol. The van der Waals surface area contributed by atoms with Gasteiger partial charge in [-0.1, -0.05) is 43.3 Å². The van der Waals surface area contributed by atoms with Gasteiger partial charge in [0, 0.05) is 17.5 Å². The lowest BCUT2D eigenvalue weighted by Gasteiger charge is -2.40. The summed E-state index contributed by atoms with van der Waals surface area (Å²) in [6.45, 7) is 4.88. The Bertz CT molecular complexity index is 1090. The van der Waals surface area contributed by atoms with Gasteiger partial charge in [0.2, 0.25) is 0 Å². The first-order valence-corrected chi connectivity index (χ1v) is 9.73. The second-order valence-electron chi connectivity index (χ2n) is 7.55. The fourth-order valence-corrected chi connectivity index (χ4v) is 4.73. The minimum absolute atomic E-state index is 0.0546. The van der Waals surface area contributed by atoms with E-state index in [-0.39, 0.29) is 17.9 Å². The number of hydrogen-bond acceptors (Lipinski definition) is 3. The molecule has 0 spiro atoms. The summed E-state index contributed by atoms with van der Waals surface area (Å²) in [5.74, 6) is -0.278. The summed E-state index contributed by atoms with van der Waals surface area (Å²) in [6.07, 6.45) is 1.90. The van der Waals surface area contributed by atoms with E-state index in [0.717, 1.165) is 54.0 Å². The Kier molecular flexibility index (Phi) is 3.76. The summed E-state index contributed by atoms with van der Waals surface area (Å²) in [4.78, 5) is 30.8. The topological polar surface area (TPSA) is 40.6 Å². The number of rotatable bonds is 2. The van der Waals surface area contributed by atoms with Gasteiger partial charge in [0.1, 0.15) is 0 Å². The molecule has 1 fully saturated rings. The highest BCUT2D eigenvalue weighted by atomic mass is 16.2. The maximum Gasteiger partial charge on any atom is 0.262 e. The fourth-order valence-electron chi connectivity index (χ4n) is 4.73. The van der Waals surface area contributed by atoms with Crippen molar-refractivity contribution in [3.8, 4) is 0 Å². The summed E-state index contributed by atoms with van der Waals surface area (Å²) in [5, 5.41) is 3.74. The molecule has 3 aromatic carbocycles. The third-order valence-corrected chi connectivity index (χ3v) is 6.06. The molecule has 0 aromatic heterocycles. The Hall–Kier alpha value is -2.72. The third-order valence-electron chi connectivity index (χ3n) is 6.06. The molecule has 0 radical (unpaired) electrons. The molecule has 5 rings (SSSR count). The SMILES string of the molecule is CCN1CCCC(N2C(=O)c3cccc4cc5ccccc5c(c34)C2=O)C1. The average molecular weight is 358 g/mol. The summed E-state index contributed by atoms with van der Waals surface area (Å²) < 4.78 is 0. The van der Waals surface area contributed by atoms with Gasteiger partial charge in [-0.05, 0) is 54.2 Å². The van der Waals surface area contributed by atoms with E-state index in [1.807, 2.05) is 42.5 Å². The predicted molar refractivity (Wildman–Crippen MR) is 107 cm³/mol. The van der Waals surface area contributed by atoms with Gasteiger partial charge < -0.3 is 4.90 Å². The zero-order valence-electron chi connectivity index (χ0n) is 15.4. The molecule has 1 atom stereocenters. The normalized spacial score (nSPS) is 20.6. The number of carbonyl (C=O) groups excluding carboxylic acids is 2. The summed E-state index contributed by atoms with van der Waals surface area (Å²) in [6, 6.07) is 15.8. The van der Waals surface area contributed by atoms with E-state index in [2.05, 4.69) is 17.9 Å². The number of likely N-dealkylation sites (N-methyl/N-ethyl adjacent to an activating group) is 1. The first-order chi connectivity index (χ1) is 13.2. The largest absolute Gasteiger partial charge is 0.302 e. The van der Waals surface area contributed by atoms with Crippen molar-refractivity contribution in [1.82, 2.24) is 9.80 Å². The molecule has 2 aliphatic rings. The minimum atomic E-state index is -0.142. The van der Waals surface area contributed by atoms with Gasteiger partial charge in [0.15, 0.2) is 0 Å². The van der Waals surface area contributed by atoms with Gasteiger partial charge in [-0.25, -0.2) is 0 Å². The molecule has 3 aromatic rings. The highest BCUT2D eigenvalue weighted by molar-refractivity contribution is 6.30. The third kappa shape index (κ3) is 2.40. The molecule has 4 nitrogen and oxygen atoms in total. The number of carbonyl (C=O) groups is 2. The van der Waals surface area contributed by atoms with Gasteiger partial charge >= 0.3 is 0 Å². The van der Waals surface area contributed by atoms with E-state index in [0.29, 0.717) is 11.1 Å². The van der Waals surface area contributed by atoms with Gasteiger partial charge in [0.25, 0.3) is 11.8 Å². The standard InChI is InChI=1S/C23H22N2O2/c1-2-24-12-6-9-17(14-24)25-22(26)19-11-5-8-16-13-15-7-3-4-10-18(15)21(20(16)19)23(25)27/h3-5,7-8,10-11,13,17H,2,6,9,12,14H2,1H3. The number of imide groups is 1. The van der Waals surface area contributed by atoms with Crippen LogP contribution in [0.5, 0.6) is 0 Å². The van der Waals surface area contributed by atoms with Crippen LogP contribution >= 0.6 is 0 Å². The van der Waals surface area contributed by atoms with Crippen LogP contribution in [0, 0.1) is 0 Å². The van der Waals surface area contributed by atoms with Crippen LogP contribution in [-0.4, -0.2) is 47.3 Å². The average Bonchev–Trinajstić information content (AvgIpc) is 2.71. The van der Waals surface area contributed by atoms with Crippen LogP contribution in [0.3, 0.4) is 0 Å². The van der Waals surface area contributed by atoms with Crippen molar-refractivity contribution in [2.45, 2.75) is 25.8 Å². The van der Waals surface area contributed by atoms with Gasteiger partial charge in [-0.2, -0.15) is 0 Å². The van der Waals surface area contributed by atoms with Crippen LogP contribution in [0.4, 0.5) is 0 Å². The Balaban J connectivity index is 1.74. The van der Waals surface area contributed by atoms with Crippen molar-refractivity contribution in [3.63, 3.8) is 0 Å². The second kappa shape index (κ2) is 6.17. The van der Waals surface area contributed by atoms with Gasteiger partial charge in [0.05, 0.1) is 11.6 Å². The molecule has 2 aliphatic heterocycles. The molecular formula is C23H22N2O2. The highest BCUT2D eigenvalue weighted by Crippen LogP contribution is 2.37. The van der Waals surface area contributed by atoms with Gasteiger partial charge in [-0.15, -0.1) is 0 Å². The highest BCUT2D eigenvalue weighted by Gasteiger charge is 2.39. The van der Waals surface area contributed by atoms with Crippen LogP contribution in [-0.2, 0) is 0 Å². The number of fused-ring (bicyclic) bond motifs is 2. The maximum absolute atomic E-state index is 13.6. The Morgan fingerprint density at radius 2 is 1.81 bits per heavy atom. The molecule has 27 heavy (non-hydrogen) atoms. The van der Waals surface area contributed by atoms with Crippen molar-refractivity contribution < 1.29 is 9.59 Å². The zero-order valence-corrected chi connectivity index (χ0v) is 15.4. The molecule has 0 N–H and O–H groups in total. The van der Waals surface area contributed by atoms with Crippen molar-refractivity contribution >= 4 is 33.4 Å². The van der Waals surface area contributed by atoms with E-state index in [9.17, 15) is 9.59 Å². The molecule has 1 saturated heterocycles. The van der Waals surface area contributed by atoms with Crippen LogP contribution in [0.25, 0.3) is 21.5 Å². The van der Waals surface area contributed by atoms with Crippen LogP contribution in [0.1, 0.15) is 40.5 Å². The summed E-state index contributed by atoms with van der Waals surface area (Å²) >= 11 is 0. The number of amides is 2. The zero-order chi connectivity index (χ0) is 18.5.